The van der Waals surface area contributed by atoms with Gasteiger partial charge in [-0.2, -0.15) is 9.97 Å². The average Bonchev–Trinajstić information content (AvgIpc) is 2.95. The Balaban J connectivity index is 1.53. The molecule has 186 valence electrons. The normalized spacial score (nSPS) is 16.1. The first-order valence-electron chi connectivity index (χ1n) is 11.6. The Bertz CT molecular complexity index is 1140. The van der Waals surface area contributed by atoms with Crippen molar-refractivity contribution in [3.05, 3.63) is 95.7 Å². The largest absolute Gasteiger partial charge is 0.481 e. The Morgan fingerprint density at radius 1 is 0.861 bits per heavy atom. The molecule has 1 unspecified atom stereocenters. The van der Waals surface area contributed by atoms with E-state index >= 15 is 0 Å². The lowest BCUT2D eigenvalue weighted by atomic mass is 9.76. The number of benzene rings is 2. The summed E-state index contributed by atoms with van der Waals surface area (Å²) in [4.78, 5) is 33.9. The van der Waals surface area contributed by atoms with Gasteiger partial charge in [-0.15, -0.1) is 0 Å². The number of esters is 2. The fourth-order valence-corrected chi connectivity index (χ4v) is 4.01. The van der Waals surface area contributed by atoms with Crippen molar-refractivity contribution >= 4 is 11.9 Å². The molecule has 0 aliphatic heterocycles. The van der Waals surface area contributed by atoms with E-state index in [-0.39, 0.29) is 25.1 Å². The maximum atomic E-state index is 12.6. The number of rotatable bonds is 9. The first-order chi connectivity index (χ1) is 17.5. The monoisotopic (exact) mass is 488 g/mol. The Hall–Kier alpha value is -4.20. The second-order valence-electron chi connectivity index (χ2n) is 8.57. The smallest absolute Gasteiger partial charge is 0.338 e. The van der Waals surface area contributed by atoms with Crippen LogP contribution in [0.5, 0.6) is 11.9 Å². The molecule has 36 heavy (non-hydrogen) atoms. The van der Waals surface area contributed by atoms with E-state index < -0.39 is 17.4 Å². The minimum Gasteiger partial charge on any atom is -0.481 e. The van der Waals surface area contributed by atoms with Crippen LogP contribution in [0.1, 0.15) is 45.2 Å². The van der Waals surface area contributed by atoms with Crippen LogP contribution < -0.4 is 9.47 Å². The van der Waals surface area contributed by atoms with Crippen molar-refractivity contribution < 1.29 is 28.5 Å². The van der Waals surface area contributed by atoms with Gasteiger partial charge in [0.1, 0.15) is 13.2 Å². The van der Waals surface area contributed by atoms with Crippen molar-refractivity contribution in [3.8, 4) is 11.9 Å². The van der Waals surface area contributed by atoms with Gasteiger partial charge < -0.3 is 18.9 Å². The zero-order valence-corrected chi connectivity index (χ0v) is 20.3. The molecule has 1 aromatic heterocycles. The van der Waals surface area contributed by atoms with E-state index in [1.807, 2.05) is 24.3 Å². The lowest BCUT2D eigenvalue weighted by Gasteiger charge is -2.34. The van der Waals surface area contributed by atoms with Gasteiger partial charge >= 0.3 is 17.9 Å². The summed E-state index contributed by atoms with van der Waals surface area (Å²) in [5, 5.41) is 0. The Morgan fingerprint density at radius 2 is 1.44 bits per heavy atom. The molecule has 3 aromatic rings. The first kappa shape index (κ1) is 24.9. The van der Waals surface area contributed by atoms with Crippen LogP contribution in [0.2, 0.25) is 0 Å². The molecule has 0 N–H and O–H groups in total. The highest BCUT2D eigenvalue weighted by Gasteiger charge is 2.36. The molecule has 0 spiro atoms. The second kappa shape index (κ2) is 11.5. The third-order valence-corrected chi connectivity index (χ3v) is 6.11. The maximum absolute atomic E-state index is 12.6. The second-order valence-corrected chi connectivity index (χ2v) is 8.57. The molecule has 0 saturated carbocycles. The highest BCUT2D eigenvalue weighted by molar-refractivity contribution is 5.89. The molecule has 8 heteroatoms. The van der Waals surface area contributed by atoms with Crippen LogP contribution in [0.4, 0.5) is 0 Å². The fourth-order valence-electron chi connectivity index (χ4n) is 4.01. The van der Waals surface area contributed by atoms with E-state index in [0.717, 1.165) is 5.69 Å². The Kier molecular flexibility index (Phi) is 7.95. The molecule has 0 saturated heterocycles. The van der Waals surface area contributed by atoms with Gasteiger partial charge in [0.25, 0.3) is 0 Å². The summed E-state index contributed by atoms with van der Waals surface area (Å²) in [5.74, 6) is -0.468. The van der Waals surface area contributed by atoms with Gasteiger partial charge in [0.2, 0.25) is 5.88 Å². The van der Waals surface area contributed by atoms with Crippen molar-refractivity contribution in [2.75, 3.05) is 27.4 Å². The molecule has 1 aliphatic carbocycles. The van der Waals surface area contributed by atoms with Gasteiger partial charge in [-0.25, -0.2) is 9.59 Å². The molecule has 4 rings (SSSR count). The molecular formula is C28H28N2O6. The van der Waals surface area contributed by atoms with E-state index in [0.29, 0.717) is 29.8 Å². The number of ether oxygens (including phenoxy) is 4. The summed E-state index contributed by atoms with van der Waals surface area (Å²) < 4.78 is 21.8. The van der Waals surface area contributed by atoms with Gasteiger partial charge in [-0.3, -0.25) is 0 Å². The van der Waals surface area contributed by atoms with Crippen molar-refractivity contribution in [2.45, 2.75) is 18.8 Å². The van der Waals surface area contributed by atoms with Crippen molar-refractivity contribution in [2.24, 2.45) is 5.41 Å². The molecule has 0 bridgehead atoms. The van der Waals surface area contributed by atoms with Crippen LogP contribution in [0.3, 0.4) is 0 Å². The number of carbonyl (C=O) groups excluding carboxylic acids is 2. The first-order valence-corrected chi connectivity index (χ1v) is 11.6. The Morgan fingerprint density at radius 3 is 1.92 bits per heavy atom. The average molecular weight is 489 g/mol. The van der Waals surface area contributed by atoms with E-state index in [2.05, 4.69) is 9.97 Å². The zero-order chi connectivity index (χ0) is 25.4. The molecule has 1 heterocycles. The lowest BCUT2D eigenvalue weighted by Crippen LogP contribution is -2.35. The number of hydrogen-bond acceptors (Lipinski definition) is 8. The predicted molar refractivity (Wildman–Crippen MR) is 132 cm³/mol. The summed E-state index contributed by atoms with van der Waals surface area (Å²) in [6.07, 6.45) is 5.24. The maximum Gasteiger partial charge on any atom is 0.338 e. The summed E-state index contributed by atoms with van der Waals surface area (Å²) in [6.45, 7) is 0.144. The third kappa shape index (κ3) is 6.07. The molecule has 1 atom stereocenters. The highest BCUT2D eigenvalue weighted by Crippen LogP contribution is 2.39. The van der Waals surface area contributed by atoms with Crippen LogP contribution in [-0.4, -0.2) is 49.3 Å². The number of carbonyl (C=O) groups is 2. The standard InChI is InChI=1S/C28H28N2O6/c1-33-24-17-23(29-27(30-24)34-2)20-13-15-28(16-14-20,18-35-25(31)21-9-5-3-6-10-21)19-36-26(32)22-11-7-4-8-12-22/h3-13,15,17,20H,14,16,18-19H2,1-2H3. The summed E-state index contributed by atoms with van der Waals surface area (Å²) in [5.41, 5.74) is 1.01. The quantitative estimate of drug-likeness (QED) is 0.318. The van der Waals surface area contributed by atoms with Gasteiger partial charge in [0.15, 0.2) is 0 Å². The van der Waals surface area contributed by atoms with E-state index in [9.17, 15) is 9.59 Å². The Labute approximate surface area is 209 Å². The van der Waals surface area contributed by atoms with Crippen LogP contribution in [0.25, 0.3) is 0 Å². The summed E-state index contributed by atoms with van der Waals surface area (Å²) >= 11 is 0. The minimum atomic E-state index is -0.674. The van der Waals surface area contributed by atoms with Crippen LogP contribution in [0.15, 0.2) is 78.9 Å². The van der Waals surface area contributed by atoms with Gasteiger partial charge in [0, 0.05) is 12.0 Å². The number of methoxy groups -OCH3 is 2. The number of hydrogen-bond donors (Lipinski definition) is 0. The topological polar surface area (TPSA) is 96.8 Å². The number of nitrogens with zero attached hydrogens (tertiary/aromatic N) is 2. The predicted octanol–water partition coefficient (Wildman–Crippen LogP) is 4.63. The van der Waals surface area contributed by atoms with Gasteiger partial charge in [0.05, 0.1) is 36.5 Å². The number of aromatic nitrogens is 2. The third-order valence-electron chi connectivity index (χ3n) is 6.11. The molecule has 1 aliphatic rings. The van der Waals surface area contributed by atoms with E-state index in [1.165, 1.54) is 14.2 Å². The molecule has 0 radical (unpaired) electrons. The lowest BCUT2D eigenvalue weighted by molar-refractivity contribution is 0.00495. The molecule has 2 aromatic carbocycles. The molecule has 8 nitrogen and oxygen atoms in total. The highest BCUT2D eigenvalue weighted by atomic mass is 16.5. The minimum absolute atomic E-state index is 0.0291. The van der Waals surface area contributed by atoms with Crippen LogP contribution in [0, 0.1) is 5.41 Å². The zero-order valence-electron chi connectivity index (χ0n) is 20.3. The molecule has 0 fully saturated rings. The van der Waals surface area contributed by atoms with E-state index in [4.69, 9.17) is 18.9 Å². The van der Waals surface area contributed by atoms with Crippen molar-refractivity contribution in [3.63, 3.8) is 0 Å². The summed E-state index contributed by atoms with van der Waals surface area (Å²) in [7, 11) is 3.04. The van der Waals surface area contributed by atoms with Crippen LogP contribution >= 0.6 is 0 Å². The molecular weight excluding hydrogens is 460 g/mol. The van der Waals surface area contributed by atoms with E-state index in [1.54, 1.807) is 54.6 Å². The SMILES string of the molecule is COc1cc(C2C=CC(COC(=O)c3ccccc3)(COC(=O)c3ccccc3)CC2)nc(OC)n1. The fraction of sp³-hybridized carbons (Fsp3) is 0.286. The number of allylic oxidation sites excluding steroid dienone is 1. The molecule has 0 amide bonds. The van der Waals surface area contributed by atoms with Crippen molar-refractivity contribution in [1.82, 2.24) is 9.97 Å². The van der Waals surface area contributed by atoms with Gasteiger partial charge in [-0.05, 0) is 37.1 Å². The van der Waals surface area contributed by atoms with Gasteiger partial charge in [-0.1, -0.05) is 48.6 Å². The summed E-state index contributed by atoms with van der Waals surface area (Å²) in [6, 6.07) is 19.6. The van der Waals surface area contributed by atoms with Crippen molar-refractivity contribution in [1.29, 1.82) is 0 Å². The van der Waals surface area contributed by atoms with Crippen LogP contribution in [-0.2, 0) is 9.47 Å².